The quantitative estimate of drug-likeness (QED) is 0.786. The number of nitrogens with one attached hydrogen (secondary N) is 1. The van der Waals surface area contributed by atoms with Gasteiger partial charge in [0.1, 0.15) is 5.75 Å². The molecule has 0 fully saturated rings. The van der Waals surface area contributed by atoms with Crippen LogP contribution in [0, 0.1) is 0 Å². The van der Waals surface area contributed by atoms with E-state index in [-0.39, 0.29) is 0 Å². The van der Waals surface area contributed by atoms with Gasteiger partial charge in [-0.25, -0.2) is 0 Å². The van der Waals surface area contributed by atoms with Crippen LogP contribution in [-0.4, -0.2) is 13.7 Å². The lowest BCUT2D eigenvalue weighted by molar-refractivity contribution is 0.357. The molecular formula is C14H19NO. The highest BCUT2D eigenvalue weighted by atomic mass is 16.5. The third-order valence-corrected chi connectivity index (χ3v) is 2.88. The van der Waals surface area contributed by atoms with Gasteiger partial charge in [0.2, 0.25) is 0 Å². The van der Waals surface area contributed by atoms with Crippen LogP contribution < -0.4 is 10.1 Å². The summed E-state index contributed by atoms with van der Waals surface area (Å²) in [4.78, 5) is 0. The zero-order valence-electron chi connectivity index (χ0n) is 10.2. The maximum absolute atomic E-state index is 5.51. The van der Waals surface area contributed by atoms with E-state index in [0.29, 0.717) is 6.04 Å². The van der Waals surface area contributed by atoms with Crippen molar-refractivity contribution in [1.29, 1.82) is 0 Å². The van der Waals surface area contributed by atoms with Gasteiger partial charge in [0, 0.05) is 6.42 Å². The molecule has 2 heteroatoms. The van der Waals surface area contributed by atoms with E-state index in [0.717, 1.165) is 18.8 Å². The highest BCUT2D eigenvalue weighted by Gasteiger charge is 2.14. The molecule has 1 aromatic carbocycles. The molecule has 0 amide bonds. The Balaban J connectivity index is 2.29. The molecule has 1 unspecified atom stereocenters. The Morgan fingerprint density at radius 1 is 1.44 bits per heavy atom. The Bertz CT molecular complexity index is 405. The molecule has 0 radical (unpaired) electrons. The van der Waals surface area contributed by atoms with E-state index in [9.17, 15) is 0 Å². The summed E-state index contributed by atoms with van der Waals surface area (Å²) >= 11 is 0. The maximum atomic E-state index is 5.51. The smallest absolute Gasteiger partial charge is 0.122 e. The molecule has 0 saturated heterocycles. The fourth-order valence-corrected chi connectivity index (χ4v) is 2.08. The number of rotatable bonds is 3. The van der Waals surface area contributed by atoms with Crippen LogP contribution in [-0.2, 0) is 6.42 Å². The summed E-state index contributed by atoms with van der Waals surface area (Å²) in [6.07, 6.45) is 3.28. The highest BCUT2D eigenvalue weighted by molar-refractivity contribution is 5.41. The summed E-state index contributed by atoms with van der Waals surface area (Å²) in [6, 6.07) is 6.78. The van der Waals surface area contributed by atoms with Crippen LogP contribution in [0.4, 0.5) is 0 Å². The SMILES string of the molecule is CNC(C=C(C)C)c1ccc2c(c1)CCO2. The van der Waals surface area contributed by atoms with Gasteiger partial charge >= 0.3 is 0 Å². The lowest BCUT2D eigenvalue weighted by Crippen LogP contribution is -2.14. The predicted octanol–water partition coefficient (Wildman–Crippen LogP) is 2.85. The third kappa shape index (κ3) is 2.27. The van der Waals surface area contributed by atoms with E-state index >= 15 is 0 Å². The summed E-state index contributed by atoms with van der Waals surface area (Å²) in [5, 5.41) is 3.32. The van der Waals surface area contributed by atoms with Crippen molar-refractivity contribution in [2.24, 2.45) is 0 Å². The molecule has 16 heavy (non-hydrogen) atoms. The van der Waals surface area contributed by atoms with Crippen LogP contribution >= 0.6 is 0 Å². The second-order valence-corrected chi connectivity index (χ2v) is 4.48. The van der Waals surface area contributed by atoms with Crippen molar-refractivity contribution >= 4 is 0 Å². The van der Waals surface area contributed by atoms with Crippen molar-refractivity contribution < 1.29 is 4.74 Å². The predicted molar refractivity (Wildman–Crippen MR) is 66.9 cm³/mol. The molecule has 1 aromatic rings. The van der Waals surface area contributed by atoms with E-state index in [1.807, 2.05) is 7.05 Å². The fraction of sp³-hybridized carbons (Fsp3) is 0.429. The number of likely N-dealkylation sites (N-methyl/N-ethyl adjacent to an activating group) is 1. The number of hydrogen-bond donors (Lipinski definition) is 1. The van der Waals surface area contributed by atoms with Crippen molar-refractivity contribution in [2.75, 3.05) is 13.7 Å². The summed E-state index contributed by atoms with van der Waals surface area (Å²) in [6.45, 7) is 5.08. The van der Waals surface area contributed by atoms with Gasteiger partial charge < -0.3 is 10.1 Å². The minimum absolute atomic E-state index is 0.302. The average molecular weight is 217 g/mol. The summed E-state index contributed by atoms with van der Waals surface area (Å²) in [5.74, 6) is 1.05. The zero-order valence-corrected chi connectivity index (χ0v) is 10.2. The van der Waals surface area contributed by atoms with Gasteiger partial charge in [0.25, 0.3) is 0 Å². The van der Waals surface area contributed by atoms with Crippen LogP contribution in [0.15, 0.2) is 29.8 Å². The van der Waals surface area contributed by atoms with Crippen molar-refractivity contribution in [3.05, 3.63) is 41.0 Å². The second-order valence-electron chi connectivity index (χ2n) is 4.48. The first kappa shape index (κ1) is 11.2. The Morgan fingerprint density at radius 2 is 2.25 bits per heavy atom. The fourth-order valence-electron chi connectivity index (χ4n) is 2.08. The first-order chi connectivity index (χ1) is 7.70. The molecule has 0 spiro atoms. The van der Waals surface area contributed by atoms with E-state index in [1.54, 1.807) is 0 Å². The molecular weight excluding hydrogens is 198 g/mol. The standard InChI is InChI=1S/C14H19NO/c1-10(2)8-13(15-3)11-4-5-14-12(9-11)6-7-16-14/h4-5,8-9,13,15H,6-7H2,1-3H3. The van der Waals surface area contributed by atoms with Gasteiger partial charge in [-0.3, -0.25) is 0 Å². The summed E-state index contributed by atoms with van der Waals surface area (Å²) in [5.41, 5.74) is 3.98. The van der Waals surface area contributed by atoms with Crippen molar-refractivity contribution in [2.45, 2.75) is 26.3 Å². The molecule has 0 aromatic heterocycles. The van der Waals surface area contributed by atoms with E-state index in [4.69, 9.17) is 4.74 Å². The third-order valence-electron chi connectivity index (χ3n) is 2.88. The van der Waals surface area contributed by atoms with E-state index in [2.05, 4.69) is 43.4 Å². The minimum Gasteiger partial charge on any atom is -0.493 e. The summed E-state index contributed by atoms with van der Waals surface area (Å²) < 4.78 is 5.51. The molecule has 1 aliphatic heterocycles. The van der Waals surface area contributed by atoms with Crippen molar-refractivity contribution in [3.63, 3.8) is 0 Å². The molecule has 1 atom stereocenters. The Labute approximate surface area is 97.3 Å². The van der Waals surface area contributed by atoms with Crippen LogP contribution in [0.1, 0.15) is 31.0 Å². The van der Waals surface area contributed by atoms with Gasteiger partial charge in [-0.2, -0.15) is 0 Å². The van der Waals surface area contributed by atoms with Gasteiger partial charge in [-0.05, 0) is 38.1 Å². The van der Waals surface area contributed by atoms with E-state index in [1.165, 1.54) is 16.7 Å². The molecule has 0 saturated carbocycles. The van der Waals surface area contributed by atoms with Gasteiger partial charge in [-0.1, -0.05) is 23.8 Å². The Kier molecular flexibility index (Phi) is 3.30. The average Bonchev–Trinajstić information content (AvgIpc) is 2.72. The molecule has 0 aliphatic carbocycles. The molecule has 86 valence electrons. The number of benzene rings is 1. The van der Waals surface area contributed by atoms with Crippen LogP contribution in [0.3, 0.4) is 0 Å². The number of allylic oxidation sites excluding steroid dienone is 1. The van der Waals surface area contributed by atoms with Gasteiger partial charge in [-0.15, -0.1) is 0 Å². The monoisotopic (exact) mass is 217 g/mol. The molecule has 1 heterocycles. The first-order valence-corrected chi connectivity index (χ1v) is 5.78. The normalized spacial score (nSPS) is 15.2. The minimum atomic E-state index is 0.302. The van der Waals surface area contributed by atoms with Crippen LogP contribution in [0.2, 0.25) is 0 Å². The van der Waals surface area contributed by atoms with Crippen molar-refractivity contribution in [3.8, 4) is 5.75 Å². The summed E-state index contributed by atoms with van der Waals surface area (Å²) in [7, 11) is 1.99. The number of hydrogen-bond acceptors (Lipinski definition) is 2. The van der Waals surface area contributed by atoms with E-state index < -0.39 is 0 Å². The van der Waals surface area contributed by atoms with Crippen LogP contribution in [0.25, 0.3) is 0 Å². The van der Waals surface area contributed by atoms with Crippen LogP contribution in [0.5, 0.6) is 5.75 Å². The first-order valence-electron chi connectivity index (χ1n) is 5.78. The second kappa shape index (κ2) is 4.71. The van der Waals surface area contributed by atoms with Gasteiger partial charge in [0.05, 0.1) is 12.6 Å². The number of fused-ring (bicyclic) bond motifs is 1. The molecule has 0 bridgehead atoms. The lowest BCUT2D eigenvalue weighted by atomic mass is 10.0. The molecule has 2 rings (SSSR count). The maximum Gasteiger partial charge on any atom is 0.122 e. The number of ether oxygens (including phenoxy) is 1. The Morgan fingerprint density at radius 3 is 2.94 bits per heavy atom. The lowest BCUT2D eigenvalue weighted by Gasteiger charge is -2.14. The molecule has 2 nitrogen and oxygen atoms in total. The zero-order chi connectivity index (χ0) is 11.5. The van der Waals surface area contributed by atoms with Crippen molar-refractivity contribution in [1.82, 2.24) is 5.32 Å². The Hall–Kier alpha value is -1.28. The molecule has 1 N–H and O–H groups in total. The topological polar surface area (TPSA) is 21.3 Å². The molecule has 1 aliphatic rings. The highest BCUT2D eigenvalue weighted by Crippen LogP contribution is 2.28. The van der Waals surface area contributed by atoms with Gasteiger partial charge in [0.15, 0.2) is 0 Å². The largest absolute Gasteiger partial charge is 0.493 e.